The maximum absolute atomic E-state index is 12.2. The number of hydrogen-bond acceptors (Lipinski definition) is 2. The number of fused-ring (bicyclic) bond motifs is 1. The standard InChI is InChI=1S/C17H18N2O2/c1-10-4-6-14(21-10)9-18-17(20)13-5-7-16-15(8-13)11(2)12(3)19-16/h4-8,19H,9H2,1-3H3,(H,18,20). The molecule has 4 nitrogen and oxygen atoms in total. The number of carbonyl (C=O) groups is 1. The number of aromatic amines is 1. The summed E-state index contributed by atoms with van der Waals surface area (Å²) in [5, 5.41) is 3.97. The lowest BCUT2D eigenvalue weighted by Crippen LogP contribution is -2.22. The molecule has 2 aromatic heterocycles. The Kier molecular flexibility index (Phi) is 3.29. The van der Waals surface area contributed by atoms with E-state index < -0.39 is 0 Å². The Labute approximate surface area is 123 Å². The Balaban J connectivity index is 1.79. The summed E-state index contributed by atoms with van der Waals surface area (Å²) in [4.78, 5) is 15.5. The van der Waals surface area contributed by atoms with E-state index in [4.69, 9.17) is 4.42 Å². The second-order valence-corrected chi connectivity index (χ2v) is 5.33. The number of furan rings is 1. The highest BCUT2D eigenvalue weighted by Gasteiger charge is 2.10. The summed E-state index contributed by atoms with van der Waals surface area (Å²) >= 11 is 0. The monoisotopic (exact) mass is 282 g/mol. The van der Waals surface area contributed by atoms with E-state index in [9.17, 15) is 4.79 Å². The molecule has 1 amide bonds. The predicted molar refractivity (Wildman–Crippen MR) is 82.4 cm³/mol. The van der Waals surface area contributed by atoms with E-state index in [1.54, 1.807) is 0 Å². The van der Waals surface area contributed by atoms with Crippen molar-refractivity contribution in [2.24, 2.45) is 0 Å². The van der Waals surface area contributed by atoms with Crippen LogP contribution < -0.4 is 5.32 Å². The first-order chi connectivity index (χ1) is 10.0. The smallest absolute Gasteiger partial charge is 0.251 e. The third-order valence-corrected chi connectivity index (χ3v) is 3.79. The van der Waals surface area contributed by atoms with Gasteiger partial charge in [0.05, 0.1) is 6.54 Å². The van der Waals surface area contributed by atoms with Gasteiger partial charge in [-0.2, -0.15) is 0 Å². The van der Waals surface area contributed by atoms with Crippen LogP contribution in [-0.2, 0) is 6.54 Å². The molecule has 2 heterocycles. The van der Waals surface area contributed by atoms with Gasteiger partial charge < -0.3 is 14.7 Å². The molecule has 108 valence electrons. The molecule has 0 spiro atoms. The van der Waals surface area contributed by atoms with Gasteiger partial charge in [-0.05, 0) is 56.7 Å². The van der Waals surface area contributed by atoms with Crippen LogP contribution in [0.5, 0.6) is 0 Å². The highest BCUT2D eigenvalue weighted by Crippen LogP contribution is 2.22. The highest BCUT2D eigenvalue weighted by atomic mass is 16.3. The van der Waals surface area contributed by atoms with Crippen molar-refractivity contribution in [2.75, 3.05) is 0 Å². The molecule has 0 atom stereocenters. The van der Waals surface area contributed by atoms with Gasteiger partial charge in [0, 0.05) is 22.2 Å². The molecule has 0 aliphatic heterocycles. The van der Waals surface area contributed by atoms with Crippen molar-refractivity contribution >= 4 is 16.8 Å². The molecule has 1 aromatic carbocycles. The minimum atomic E-state index is -0.0933. The lowest BCUT2D eigenvalue weighted by atomic mass is 10.1. The Morgan fingerprint density at radius 3 is 2.71 bits per heavy atom. The van der Waals surface area contributed by atoms with Crippen LogP contribution in [-0.4, -0.2) is 10.9 Å². The second-order valence-electron chi connectivity index (χ2n) is 5.33. The molecule has 3 rings (SSSR count). The normalized spacial score (nSPS) is 11.0. The Morgan fingerprint density at radius 1 is 1.19 bits per heavy atom. The van der Waals surface area contributed by atoms with E-state index in [0.29, 0.717) is 12.1 Å². The van der Waals surface area contributed by atoms with Crippen LogP contribution in [0.1, 0.15) is 33.1 Å². The molecule has 3 aromatic rings. The van der Waals surface area contributed by atoms with Crippen molar-refractivity contribution < 1.29 is 9.21 Å². The summed E-state index contributed by atoms with van der Waals surface area (Å²) in [6, 6.07) is 9.47. The highest BCUT2D eigenvalue weighted by molar-refractivity contribution is 5.98. The molecule has 0 aliphatic rings. The summed E-state index contributed by atoms with van der Waals surface area (Å²) in [5.41, 5.74) is 4.03. The Bertz CT molecular complexity index is 811. The molecular formula is C17H18N2O2. The SMILES string of the molecule is Cc1ccc(CNC(=O)c2ccc3[nH]c(C)c(C)c3c2)o1. The fourth-order valence-corrected chi connectivity index (χ4v) is 2.45. The van der Waals surface area contributed by atoms with Crippen LogP contribution in [0, 0.1) is 20.8 Å². The fraction of sp³-hybridized carbons (Fsp3) is 0.235. The second kappa shape index (κ2) is 5.13. The third kappa shape index (κ3) is 2.57. The molecule has 21 heavy (non-hydrogen) atoms. The van der Waals surface area contributed by atoms with Crippen LogP contribution in [0.2, 0.25) is 0 Å². The summed E-state index contributed by atoms with van der Waals surface area (Å²) in [6.45, 7) is 6.38. The first kappa shape index (κ1) is 13.5. The molecule has 0 saturated heterocycles. The quantitative estimate of drug-likeness (QED) is 0.771. The van der Waals surface area contributed by atoms with E-state index in [1.165, 1.54) is 5.56 Å². The van der Waals surface area contributed by atoms with Crippen molar-refractivity contribution in [3.63, 3.8) is 0 Å². The molecule has 0 fully saturated rings. The zero-order chi connectivity index (χ0) is 15.0. The van der Waals surface area contributed by atoms with Gasteiger partial charge in [0.1, 0.15) is 11.5 Å². The Hall–Kier alpha value is -2.49. The molecule has 0 radical (unpaired) electrons. The van der Waals surface area contributed by atoms with Gasteiger partial charge >= 0.3 is 0 Å². The summed E-state index contributed by atoms with van der Waals surface area (Å²) < 4.78 is 5.44. The molecule has 0 unspecified atom stereocenters. The minimum absolute atomic E-state index is 0.0933. The van der Waals surface area contributed by atoms with E-state index in [0.717, 1.165) is 28.1 Å². The van der Waals surface area contributed by atoms with Crippen LogP contribution in [0.4, 0.5) is 0 Å². The zero-order valence-electron chi connectivity index (χ0n) is 12.4. The predicted octanol–water partition coefficient (Wildman–Crippen LogP) is 3.62. The summed E-state index contributed by atoms with van der Waals surface area (Å²) in [5.74, 6) is 1.51. The van der Waals surface area contributed by atoms with Crippen LogP contribution >= 0.6 is 0 Å². The molecular weight excluding hydrogens is 264 g/mol. The number of hydrogen-bond donors (Lipinski definition) is 2. The number of aryl methyl sites for hydroxylation is 3. The maximum atomic E-state index is 12.2. The largest absolute Gasteiger partial charge is 0.465 e. The number of rotatable bonds is 3. The topological polar surface area (TPSA) is 58.0 Å². The number of H-pyrrole nitrogens is 1. The van der Waals surface area contributed by atoms with Crippen molar-refractivity contribution in [1.82, 2.24) is 10.3 Å². The molecule has 4 heteroatoms. The number of amides is 1. The van der Waals surface area contributed by atoms with Gasteiger partial charge in [0.15, 0.2) is 0 Å². The van der Waals surface area contributed by atoms with Crippen molar-refractivity contribution in [3.8, 4) is 0 Å². The van der Waals surface area contributed by atoms with Crippen LogP contribution in [0.3, 0.4) is 0 Å². The maximum Gasteiger partial charge on any atom is 0.251 e. The van der Waals surface area contributed by atoms with E-state index >= 15 is 0 Å². The number of aromatic nitrogens is 1. The van der Waals surface area contributed by atoms with Crippen LogP contribution in [0.25, 0.3) is 10.9 Å². The average molecular weight is 282 g/mol. The lowest BCUT2D eigenvalue weighted by molar-refractivity contribution is 0.0948. The number of benzene rings is 1. The molecule has 0 aliphatic carbocycles. The molecule has 2 N–H and O–H groups in total. The van der Waals surface area contributed by atoms with E-state index in [2.05, 4.69) is 17.2 Å². The summed E-state index contributed by atoms with van der Waals surface area (Å²) in [7, 11) is 0. The van der Waals surface area contributed by atoms with Gasteiger partial charge in [-0.3, -0.25) is 4.79 Å². The van der Waals surface area contributed by atoms with E-state index in [-0.39, 0.29) is 5.91 Å². The van der Waals surface area contributed by atoms with Crippen LogP contribution in [0.15, 0.2) is 34.7 Å². The first-order valence-electron chi connectivity index (χ1n) is 6.97. The average Bonchev–Trinajstić information content (AvgIpc) is 3.01. The first-order valence-corrected chi connectivity index (χ1v) is 6.97. The fourth-order valence-electron chi connectivity index (χ4n) is 2.45. The minimum Gasteiger partial charge on any atom is -0.465 e. The van der Waals surface area contributed by atoms with Gasteiger partial charge in [-0.25, -0.2) is 0 Å². The molecule has 0 saturated carbocycles. The van der Waals surface area contributed by atoms with Crippen molar-refractivity contribution in [2.45, 2.75) is 27.3 Å². The third-order valence-electron chi connectivity index (χ3n) is 3.79. The Morgan fingerprint density at radius 2 is 2.00 bits per heavy atom. The van der Waals surface area contributed by atoms with Crippen molar-refractivity contribution in [1.29, 1.82) is 0 Å². The lowest BCUT2D eigenvalue weighted by Gasteiger charge is -2.04. The van der Waals surface area contributed by atoms with Gasteiger partial charge in [-0.15, -0.1) is 0 Å². The van der Waals surface area contributed by atoms with Gasteiger partial charge in [0.25, 0.3) is 5.91 Å². The van der Waals surface area contributed by atoms with Gasteiger partial charge in [-0.1, -0.05) is 0 Å². The van der Waals surface area contributed by atoms with E-state index in [1.807, 2.05) is 44.2 Å². The number of nitrogens with one attached hydrogen (secondary N) is 2. The van der Waals surface area contributed by atoms with Crippen molar-refractivity contribution in [3.05, 3.63) is 58.7 Å². The summed E-state index contributed by atoms with van der Waals surface area (Å²) in [6.07, 6.45) is 0. The number of carbonyl (C=O) groups excluding carboxylic acids is 1. The molecule has 0 bridgehead atoms. The zero-order valence-corrected chi connectivity index (χ0v) is 12.4. The van der Waals surface area contributed by atoms with Gasteiger partial charge in [0.2, 0.25) is 0 Å².